The zero-order valence-corrected chi connectivity index (χ0v) is 16.2. The third kappa shape index (κ3) is 3.03. The van der Waals surface area contributed by atoms with Crippen molar-refractivity contribution in [2.24, 2.45) is 0 Å². The highest BCUT2D eigenvalue weighted by Gasteiger charge is 2.41. The summed E-state index contributed by atoms with van der Waals surface area (Å²) in [5, 5.41) is 0. The summed E-state index contributed by atoms with van der Waals surface area (Å²) < 4.78 is 6.54. The van der Waals surface area contributed by atoms with Gasteiger partial charge in [0.1, 0.15) is 11.4 Å². The Morgan fingerprint density at radius 2 is 1.54 bits per heavy atom. The van der Waals surface area contributed by atoms with E-state index in [1.54, 1.807) is 0 Å². The average Bonchev–Trinajstić information content (AvgIpc) is 2.88. The van der Waals surface area contributed by atoms with Crippen molar-refractivity contribution < 1.29 is 9.53 Å². The SMILES string of the molecule is Cc1cccc(-c2ccc3c(c2)C(=O)CC2(CCc4ccccc4CC2)O3)c1. The largest absolute Gasteiger partial charge is 0.486 e. The van der Waals surface area contributed by atoms with Crippen LogP contribution in [0, 0.1) is 6.92 Å². The van der Waals surface area contributed by atoms with Gasteiger partial charge in [-0.2, -0.15) is 0 Å². The van der Waals surface area contributed by atoms with Gasteiger partial charge in [-0.15, -0.1) is 0 Å². The number of ether oxygens (including phenoxy) is 1. The average molecular weight is 368 g/mol. The van der Waals surface area contributed by atoms with Gasteiger partial charge in [-0.3, -0.25) is 4.79 Å². The van der Waals surface area contributed by atoms with Crippen LogP contribution in [0.15, 0.2) is 66.7 Å². The summed E-state index contributed by atoms with van der Waals surface area (Å²) in [4.78, 5) is 13.1. The minimum absolute atomic E-state index is 0.210. The van der Waals surface area contributed by atoms with Gasteiger partial charge in [0.05, 0.1) is 12.0 Å². The van der Waals surface area contributed by atoms with Crippen molar-refractivity contribution in [3.8, 4) is 16.9 Å². The molecule has 28 heavy (non-hydrogen) atoms. The Bertz CT molecular complexity index is 1040. The van der Waals surface area contributed by atoms with E-state index in [4.69, 9.17) is 4.74 Å². The Labute approximate surface area is 166 Å². The van der Waals surface area contributed by atoms with Gasteiger partial charge in [-0.25, -0.2) is 0 Å². The molecule has 0 saturated heterocycles. The highest BCUT2D eigenvalue weighted by molar-refractivity contribution is 6.01. The molecule has 0 unspecified atom stereocenters. The lowest BCUT2D eigenvalue weighted by atomic mass is 9.83. The minimum atomic E-state index is -0.367. The van der Waals surface area contributed by atoms with Crippen LogP contribution in [0.3, 0.4) is 0 Å². The molecule has 140 valence electrons. The summed E-state index contributed by atoms with van der Waals surface area (Å²) >= 11 is 0. The fraction of sp³-hybridized carbons (Fsp3) is 0.269. The highest BCUT2D eigenvalue weighted by atomic mass is 16.5. The highest BCUT2D eigenvalue weighted by Crippen LogP contribution is 2.42. The maximum absolute atomic E-state index is 13.1. The van der Waals surface area contributed by atoms with Crippen LogP contribution in [0.5, 0.6) is 5.75 Å². The Balaban J connectivity index is 1.46. The number of fused-ring (bicyclic) bond motifs is 2. The van der Waals surface area contributed by atoms with Crippen LogP contribution in [-0.4, -0.2) is 11.4 Å². The first-order valence-corrected chi connectivity index (χ1v) is 10.1. The van der Waals surface area contributed by atoms with Crippen LogP contribution >= 0.6 is 0 Å². The van der Waals surface area contributed by atoms with Gasteiger partial charge in [0.25, 0.3) is 0 Å². The van der Waals surface area contributed by atoms with Crippen LogP contribution in [0.2, 0.25) is 0 Å². The topological polar surface area (TPSA) is 26.3 Å². The van der Waals surface area contributed by atoms with E-state index in [2.05, 4.69) is 61.5 Å². The van der Waals surface area contributed by atoms with Gasteiger partial charge in [-0.05, 0) is 67.0 Å². The third-order valence-corrected chi connectivity index (χ3v) is 6.26. The molecular formula is C26H24O2. The zero-order chi connectivity index (χ0) is 19.1. The van der Waals surface area contributed by atoms with E-state index in [9.17, 15) is 4.79 Å². The van der Waals surface area contributed by atoms with E-state index >= 15 is 0 Å². The fourth-order valence-electron chi connectivity index (χ4n) is 4.67. The van der Waals surface area contributed by atoms with Crippen LogP contribution in [0.4, 0.5) is 0 Å². The number of carbonyl (C=O) groups excluding carboxylic acids is 1. The first-order valence-electron chi connectivity index (χ1n) is 10.1. The maximum Gasteiger partial charge on any atom is 0.170 e. The molecule has 5 rings (SSSR count). The van der Waals surface area contributed by atoms with Crippen LogP contribution in [-0.2, 0) is 12.8 Å². The molecule has 1 aliphatic carbocycles. The van der Waals surface area contributed by atoms with E-state index in [0.29, 0.717) is 6.42 Å². The summed E-state index contributed by atoms with van der Waals surface area (Å²) in [5.74, 6) is 0.959. The van der Waals surface area contributed by atoms with Crippen molar-refractivity contribution in [1.82, 2.24) is 0 Å². The van der Waals surface area contributed by atoms with E-state index in [0.717, 1.165) is 48.1 Å². The summed E-state index contributed by atoms with van der Waals surface area (Å²) in [7, 11) is 0. The molecular weight excluding hydrogens is 344 g/mol. The predicted molar refractivity (Wildman–Crippen MR) is 112 cm³/mol. The minimum Gasteiger partial charge on any atom is -0.486 e. The fourth-order valence-corrected chi connectivity index (χ4v) is 4.67. The Morgan fingerprint density at radius 3 is 2.25 bits per heavy atom. The van der Waals surface area contributed by atoms with Gasteiger partial charge in [0.2, 0.25) is 0 Å². The normalized spacial score (nSPS) is 17.4. The number of benzene rings is 3. The molecule has 3 aromatic carbocycles. The quantitative estimate of drug-likeness (QED) is 0.531. The number of hydrogen-bond donors (Lipinski definition) is 0. The van der Waals surface area contributed by atoms with E-state index < -0.39 is 0 Å². The first-order chi connectivity index (χ1) is 13.6. The monoisotopic (exact) mass is 368 g/mol. The summed E-state index contributed by atoms with van der Waals surface area (Å²) in [6, 6.07) is 23.1. The molecule has 2 nitrogen and oxygen atoms in total. The van der Waals surface area contributed by atoms with Crippen LogP contribution in [0.25, 0.3) is 11.1 Å². The van der Waals surface area contributed by atoms with Crippen molar-refractivity contribution >= 4 is 5.78 Å². The second-order valence-electron chi connectivity index (χ2n) is 8.23. The molecule has 1 aliphatic heterocycles. The van der Waals surface area contributed by atoms with Gasteiger partial charge in [-0.1, -0.05) is 60.2 Å². The number of hydrogen-bond acceptors (Lipinski definition) is 2. The van der Waals surface area contributed by atoms with E-state index in [-0.39, 0.29) is 11.4 Å². The second-order valence-corrected chi connectivity index (χ2v) is 8.23. The molecule has 0 saturated carbocycles. The van der Waals surface area contributed by atoms with Gasteiger partial charge >= 0.3 is 0 Å². The molecule has 3 aromatic rings. The lowest BCUT2D eigenvalue weighted by molar-refractivity contribution is 0.0303. The molecule has 0 radical (unpaired) electrons. The van der Waals surface area contributed by atoms with Crippen molar-refractivity contribution in [1.29, 1.82) is 0 Å². The molecule has 1 spiro atoms. The molecule has 0 amide bonds. The molecule has 0 N–H and O–H groups in total. The van der Waals surface area contributed by atoms with Crippen LogP contribution < -0.4 is 4.74 Å². The molecule has 0 bridgehead atoms. The van der Waals surface area contributed by atoms with Crippen molar-refractivity contribution in [3.05, 3.63) is 89.0 Å². The molecule has 2 aliphatic rings. The van der Waals surface area contributed by atoms with Crippen molar-refractivity contribution in [2.75, 3.05) is 0 Å². The number of ketones is 1. The Kier molecular flexibility index (Phi) is 4.08. The molecule has 0 atom stereocenters. The zero-order valence-electron chi connectivity index (χ0n) is 16.2. The molecule has 0 aromatic heterocycles. The van der Waals surface area contributed by atoms with Crippen molar-refractivity contribution in [3.63, 3.8) is 0 Å². The first kappa shape index (κ1) is 17.2. The standard InChI is InChI=1S/C26H24O2/c1-18-5-4-8-21(15-18)22-9-10-25-23(16-22)24(27)17-26(28-25)13-11-19-6-2-3-7-20(19)12-14-26/h2-10,15-16H,11-14,17H2,1H3. The number of rotatable bonds is 1. The predicted octanol–water partition coefficient (Wildman–Crippen LogP) is 5.95. The smallest absolute Gasteiger partial charge is 0.170 e. The van der Waals surface area contributed by atoms with Gasteiger partial charge in [0, 0.05) is 0 Å². The van der Waals surface area contributed by atoms with Crippen molar-refractivity contribution in [2.45, 2.75) is 44.6 Å². The second kappa shape index (κ2) is 6.63. The molecule has 0 fully saturated rings. The van der Waals surface area contributed by atoms with Crippen LogP contribution in [0.1, 0.15) is 46.3 Å². The number of aryl methyl sites for hydroxylation is 3. The lowest BCUT2D eigenvalue weighted by Crippen LogP contribution is -2.42. The lowest BCUT2D eigenvalue weighted by Gasteiger charge is -2.37. The summed E-state index contributed by atoms with van der Waals surface area (Å²) in [6.07, 6.45) is 4.22. The van der Waals surface area contributed by atoms with Gasteiger partial charge < -0.3 is 4.74 Å². The third-order valence-electron chi connectivity index (χ3n) is 6.26. The number of carbonyl (C=O) groups is 1. The molecule has 1 heterocycles. The Hall–Kier alpha value is -2.87. The Morgan fingerprint density at radius 1 is 0.821 bits per heavy atom. The van der Waals surface area contributed by atoms with E-state index in [1.807, 2.05) is 12.1 Å². The summed E-state index contributed by atoms with van der Waals surface area (Å²) in [5.41, 5.74) is 6.59. The number of Topliss-reactive ketones (excluding diaryl/α,β-unsaturated/α-hetero) is 1. The maximum atomic E-state index is 13.1. The summed E-state index contributed by atoms with van der Waals surface area (Å²) in [6.45, 7) is 2.09. The van der Waals surface area contributed by atoms with Gasteiger partial charge in [0.15, 0.2) is 5.78 Å². The van der Waals surface area contributed by atoms with E-state index in [1.165, 1.54) is 16.7 Å². The molecule has 2 heteroatoms.